The fraction of sp³-hybridized carbons (Fsp3) is 0.429. The number of carbonyl (C=O) groups is 2. The maximum Gasteiger partial charge on any atom is 0.250 e. The van der Waals surface area contributed by atoms with Crippen LogP contribution in [0.15, 0.2) is 27.1 Å². The number of nitrogens with one attached hydrogen (secondary N) is 1. The Morgan fingerprint density at radius 3 is 2.25 bits per heavy atom. The molecule has 4 nitrogen and oxygen atoms in total. The smallest absolute Gasteiger partial charge is 0.250 e. The molecule has 1 aromatic carbocycles. The molecule has 2 rings (SSSR count). The highest BCUT2D eigenvalue weighted by molar-refractivity contribution is 9.11. The van der Waals surface area contributed by atoms with Gasteiger partial charge in [0.25, 0.3) is 5.91 Å². The normalized spacial score (nSPS) is 20.1. The predicted molar refractivity (Wildman–Crippen MR) is 85.6 cm³/mol. The van der Waals surface area contributed by atoms with E-state index in [-0.39, 0.29) is 23.8 Å². The number of amides is 2. The van der Waals surface area contributed by atoms with Crippen molar-refractivity contribution in [2.45, 2.75) is 26.8 Å². The van der Waals surface area contributed by atoms with E-state index in [2.05, 4.69) is 37.2 Å². The standard InChI is InChI=1S/C14H16Br2N2O2/c1-14(2,3)12-13(20)18(7-10(19)17-12)11-8(15)5-4-6-9(11)16/h4-6,12H,7H2,1-3H3,(H,17,19). The Morgan fingerprint density at radius 2 is 1.75 bits per heavy atom. The van der Waals surface area contributed by atoms with Crippen LogP contribution in [0.25, 0.3) is 0 Å². The molecule has 0 bridgehead atoms. The third-order valence-corrected chi connectivity index (χ3v) is 4.47. The van der Waals surface area contributed by atoms with Gasteiger partial charge in [0, 0.05) is 8.95 Å². The van der Waals surface area contributed by atoms with Crippen LogP contribution in [-0.4, -0.2) is 24.4 Å². The largest absolute Gasteiger partial charge is 0.342 e. The summed E-state index contributed by atoms with van der Waals surface area (Å²) in [5, 5.41) is 2.78. The van der Waals surface area contributed by atoms with Gasteiger partial charge in [0.15, 0.2) is 0 Å². The van der Waals surface area contributed by atoms with E-state index in [1.165, 1.54) is 4.90 Å². The molecular formula is C14H16Br2N2O2. The van der Waals surface area contributed by atoms with Crippen molar-refractivity contribution < 1.29 is 9.59 Å². The molecule has 1 atom stereocenters. The van der Waals surface area contributed by atoms with Crippen molar-refractivity contribution in [1.29, 1.82) is 0 Å². The third kappa shape index (κ3) is 2.91. The van der Waals surface area contributed by atoms with Crippen molar-refractivity contribution in [3.63, 3.8) is 0 Å². The molecule has 1 N–H and O–H groups in total. The van der Waals surface area contributed by atoms with Gasteiger partial charge in [-0.25, -0.2) is 0 Å². The quantitative estimate of drug-likeness (QED) is 0.783. The minimum atomic E-state index is -0.525. The number of piperazine rings is 1. The fourth-order valence-electron chi connectivity index (χ4n) is 2.17. The molecule has 0 radical (unpaired) electrons. The molecule has 0 aliphatic carbocycles. The molecule has 0 saturated carbocycles. The molecule has 0 spiro atoms. The average Bonchev–Trinajstić information content (AvgIpc) is 2.31. The molecule has 1 saturated heterocycles. The average molecular weight is 404 g/mol. The lowest BCUT2D eigenvalue weighted by Gasteiger charge is -2.39. The van der Waals surface area contributed by atoms with Crippen LogP contribution in [0.2, 0.25) is 0 Å². The second-order valence-corrected chi connectivity index (χ2v) is 7.57. The number of rotatable bonds is 1. The number of carbonyl (C=O) groups excluding carboxylic acids is 2. The summed E-state index contributed by atoms with van der Waals surface area (Å²) in [4.78, 5) is 26.2. The zero-order valence-electron chi connectivity index (χ0n) is 11.5. The Morgan fingerprint density at radius 1 is 1.20 bits per heavy atom. The Kier molecular flexibility index (Phi) is 4.25. The van der Waals surface area contributed by atoms with Crippen molar-refractivity contribution in [1.82, 2.24) is 5.32 Å². The second kappa shape index (κ2) is 5.48. The highest BCUT2D eigenvalue weighted by Gasteiger charge is 2.41. The SMILES string of the molecule is CC(C)(C)C1NC(=O)CN(c2c(Br)cccc2Br)C1=O. The van der Waals surface area contributed by atoms with Crippen LogP contribution in [0.5, 0.6) is 0 Å². The summed E-state index contributed by atoms with van der Waals surface area (Å²) in [6.07, 6.45) is 0. The third-order valence-electron chi connectivity index (χ3n) is 3.19. The minimum absolute atomic E-state index is 0.0344. The van der Waals surface area contributed by atoms with Crippen molar-refractivity contribution in [3.05, 3.63) is 27.1 Å². The Labute approximate surface area is 135 Å². The van der Waals surface area contributed by atoms with Gasteiger partial charge in [-0.3, -0.25) is 14.5 Å². The van der Waals surface area contributed by atoms with Gasteiger partial charge >= 0.3 is 0 Å². The lowest BCUT2D eigenvalue weighted by atomic mass is 9.84. The number of hydrogen-bond acceptors (Lipinski definition) is 2. The molecule has 1 heterocycles. The van der Waals surface area contributed by atoms with Gasteiger partial charge < -0.3 is 5.32 Å². The van der Waals surface area contributed by atoms with Crippen LogP contribution in [0, 0.1) is 5.41 Å². The molecule has 1 fully saturated rings. The summed E-state index contributed by atoms with van der Waals surface area (Å²) < 4.78 is 1.56. The maximum absolute atomic E-state index is 12.7. The topological polar surface area (TPSA) is 49.4 Å². The van der Waals surface area contributed by atoms with Crippen LogP contribution >= 0.6 is 31.9 Å². The zero-order valence-corrected chi connectivity index (χ0v) is 14.7. The minimum Gasteiger partial charge on any atom is -0.342 e. The first-order chi connectivity index (χ1) is 9.21. The van der Waals surface area contributed by atoms with Gasteiger partial charge in [0.1, 0.15) is 12.6 Å². The molecule has 108 valence electrons. The van der Waals surface area contributed by atoms with Gasteiger partial charge in [-0.1, -0.05) is 26.8 Å². The van der Waals surface area contributed by atoms with E-state index in [0.29, 0.717) is 5.69 Å². The van der Waals surface area contributed by atoms with Crippen molar-refractivity contribution in [2.75, 3.05) is 11.4 Å². The first-order valence-electron chi connectivity index (χ1n) is 6.26. The number of nitrogens with zero attached hydrogens (tertiary/aromatic N) is 1. The van der Waals surface area contributed by atoms with Crippen molar-refractivity contribution in [3.8, 4) is 0 Å². The Bertz CT molecular complexity index is 547. The van der Waals surface area contributed by atoms with Gasteiger partial charge in [-0.05, 0) is 49.4 Å². The molecule has 2 amide bonds. The second-order valence-electron chi connectivity index (χ2n) is 5.86. The number of hydrogen-bond donors (Lipinski definition) is 1. The summed E-state index contributed by atoms with van der Waals surface area (Å²) in [7, 11) is 0. The summed E-state index contributed by atoms with van der Waals surface area (Å²) >= 11 is 6.89. The summed E-state index contributed by atoms with van der Waals surface area (Å²) in [5.41, 5.74) is 0.362. The van der Waals surface area contributed by atoms with E-state index in [1.54, 1.807) is 0 Å². The van der Waals surface area contributed by atoms with Crippen LogP contribution < -0.4 is 10.2 Å². The van der Waals surface area contributed by atoms with E-state index in [9.17, 15) is 9.59 Å². The first kappa shape index (κ1) is 15.5. The lowest BCUT2D eigenvalue weighted by Crippen LogP contribution is -2.62. The molecule has 0 aromatic heterocycles. The Balaban J connectivity index is 2.46. The van der Waals surface area contributed by atoms with E-state index in [1.807, 2.05) is 39.0 Å². The first-order valence-corrected chi connectivity index (χ1v) is 7.85. The van der Waals surface area contributed by atoms with Crippen LogP contribution in [-0.2, 0) is 9.59 Å². The molecule has 1 unspecified atom stereocenters. The molecule has 20 heavy (non-hydrogen) atoms. The lowest BCUT2D eigenvalue weighted by molar-refractivity contribution is -0.133. The zero-order chi connectivity index (χ0) is 15.1. The summed E-state index contributed by atoms with van der Waals surface area (Å²) in [6, 6.07) is 5.05. The number of benzene rings is 1. The van der Waals surface area contributed by atoms with Gasteiger partial charge in [0.2, 0.25) is 5.91 Å². The van der Waals surface area contributed by atoms with Crippen LogP contribution in [0.1, 0.15) is 20.8 Å². The number of para-hydroxylation sites is 1. The van der Waals surface area contributed by atoms with E-state index >= 15 is 0 Å². The van der Waals surface area contributed by atoms with Crippen LogP contribution in [0.3, 0.4) is 0 Å². The van der Waals surface area contributed by atoms with E-state index in [0.717, 1.165) is 8.95 Å². The maximum atomic E-state index is 12.7. The predicted octanol–water partition coefficient (Wildman–Crippen LogP) is 3.09. The molecule has 1 aromatic rings. The number of anilines is 1. The van der Waals surface area contributed by atoms with Gasteiger partial charge in [-0.2, -0.15) is 0 Å². The Hall–Kier alpha value is -0.880. The van der Waals surface area contributed by atoms with Crippen molar-refractivity contribution in [2.24, 2.45) is 5.41 Å². The van der Waals surface area contributed by atoms with E-state index in [4.69, 9.17) is 0 Å². The molecule has 1 aliphatic rings. The summed E-state index contributed by atoms with van der Waals surface area (Å²) in [6.45, 7) is 5.85. The molecule has 6 heteroatoms. The number of halogens is 2. The van der Waals surface area contributed by atoms with E-state index < -0.39 is 6.04 Å². The molecular weight excluding hydrogens is 388 g/mol. The molecule has 1 aliphatic heterocycles. The monoisotopic (exact) mass is 402 g/mol. The highest BCUT2D eigenvalue weighted by atomic mass is 79.9. The van der Waals surface area contributed by atoms with Crippen LogP contribution in [0.4, 0.5) is 5.69 Å². The fourth-order valence-corrected chi connectivity index (χ4v) is 3.60. The van der Waals surface area contributed by atoms with Crippen molar-refractivity contribution >= 4 is 49.4 Å². The summed E-state index contributed by atoms with van der Waals surface area (Å²) in [5.74, 6) is -0.239. The highest BCUT2D eigenvalue weighted by Crippen LogP contribution is 2.36. The van der Waals surface area contributed by atoms with Gasteiger partial charge in [0.05, 0.1) is 5.69 Å². The van der Waals surface area contributed by atoms with Gasteiger partial charge in [-0.15, -0.1) is 0 Å².